The van der Waals surface area contributed by atoms with E-state index in [0.29, 0.717) is 0 Å². The van der Waals surface area contributed by atoms with Gasteiger partial charge in [-0.25, -0.2) is 0 Å². The average Bonchev–Trinajstić information content (AvgIpc) is 1.80. The molecule has 1 aliphatic rings. The lowest BCUT2D eigenvalue weighted by atomic mass is 9.24. The molecule has 0 spiro atoms. The Morgan fingerprint density at radius 2 is 2.11 bits per heavy atom. The van der Waals surface area contributed by atoms with Crippen molar-refractivity contribution in [3.8, 4) is 0 Å². The summed E-state index contributed by atoms with van der Waals surface area (Å²) >= 11 is 0. The van der Waals surface area contributed by atoms with Crippen LogP contribution in [0.2, 0.25) is 24.7 Å². The van der Waals surface area contributed by atoms with Crippen LogP contribution in [0, 0.1) is 0 Å². The predicted molar refractivity (Wildman–Crippen MR) is 47.0 cm³/mol. The van der Waals surface area contributed by atoms with Gasteiger partial charge in [-0.15, -0.1) is 0 Å². The van der Waals surface area contributed by atoms with Gasteiger partial charge < -0.3 is 0 Å². The van der Waals surface area contributed by atoms with E-state index in [0.717, 1.165) is 18.2 Å². The van der Waals surface area contributed by atoms with Crippen molar-refractivity contribution in [3.05, 3.63) is 0 Å². The van der Waals surface area contributed by atoms with E-state index < -0.39 is 0 Å². The summed E-state index contributed by atoms with van der Waals surface area (Å²) in [4.78, 5) is 0. The van der Waals surface area contributed by atoms with Gasteiger partial charge in [-0.05, 0) is 0 Å². The molecule has 0 aromatic heterocycles. The van der Waals surface area contributed by atoms with Crippen LogP contribution in [0.15, 0.2) is 0 Å². The molecule has 0 aromatic rings. The molecule has 0 aliphatic carbocycles. The molecule has 1 fully saturated rings. The number of hydrogen-bond donors (Lipinski definition) is 0. The fourth-order valence-corrected chi connectivity index (χ4v) is 1.82. The minimum absolute atomic E-state index is 0.980. The Hall–Kier alpha value is 0.130. The van der Waals surface area contributed by atoms with Crippen LogP contribution in [0.5, 0.6) is 0 Å². The maximum atomic E-state index is 2.39. The summed E-state index contributed by atoms with van der Waals surface area (Å²) in [6.07, 6.45) is 2.92. The monoisotopic (exact) mass is 122 g/mol. The predicted octanol–water partition coefficient (Wildman–Crippen LogP) is 2.11. The van der Waals surface area contributed by atoms with Gasteiger partial charge in [-0.3, -0.25) is 0 Å². The van der Waals surface area contributed by atoms with Crippen molar-refractivity contribution in [2.75, 3.05) is 0 Å². The molecule has 0 nitrogen and oxygen atoms in total. The molecule has 9 heavy (non-hydrogen) atoms. The van der Waals surface area contributed by atoms with Crippen molar-refractivity contribution in [2.24, 2.45) is 0 Å². The molecule has 0 aromatic carbocycles. The molecule has 0 bridgehead atoms. The average molecular weight is 122 g/mol. The van der Waals surface area contributed by atoms with Crippen molar-refractivity contribution in [1.82, 2.24) is 0 Å². The summed E-state index contributed by atoms with van der Waals surface area (Å²) in [6, 6.07) is 0. The van der Waals surface area contributed by atoms with Crippen LogP contribution in [-0.2, 0) is 0 Å². The molecule has 2 unspecified atom stereocenters. The fourth-order valence-electron chi connectivity index (χ4n) is 1.82. The van der Waals surface area contributed by atoms with Crippen LogP contribution in [-0.4, -0.2) is 14.0 Å². The molecule has 50 valence electrons. The second-order valence-corrected chi connectivity index (χ2v) is 3.87. The van der Waals surface area contributed by atoms with Crippen molar-refractivity contribution >= 4 is 14.0 Å². The smallest absolute Gasteiger partial charge is 0.0889 e. The summed E-state index contributed by atoms with van der Waals surface area (Å²) in [6.45, 7) is 8.14. The highest BCUT2D eigenvalue weighted by Gasteiger charge is 2.24. The minimum Gasteiger partial charge on any atom is -0.0889 e. The lowest BCUT2D eigenvalue weighted by Gasteiger charge is -2.26. The first kappa shape index (κ1) is 7.24. The molecule has 2 heteroatoms. The summed E-state index contributed by atoms with van der Waals surface area (Å²) in [5, 5.41) is 0. The first-order valence-corrected chi connectivity index (χ1v) is 4.20. The lowest BCUT2D eigenvalue weighted by molar-refractivity contribution is 0.824. The maximum Gasteiger partial charge on any atom is 0.131 e. The van der Waals surface area contributed by atoms with E-state index in [9.17, 15) is 0 Å². The van der Waals surface area contributed by atoms with Gasteiger partial charge in [0.25, 0.3) is 0 Å². The highest BCUT2D eigenvalue weighted by Crippen LogP contribution is 2.28. The Labute approximate surface area is 59.7 Å². The Morgan fingerprint density at radius 1 is 1.44 bits per heavy atom. The summed E-state index contributed by atoms with van der Waals surface area (Å²) < 4.78 is 0. The van der Waals surface area contributed by atoms with E-state index in [1.807, 2.05) is 0 Å². The van der Waals surface area contributed by atoms with Crippen molar-refractivity contribution in [2.45, 2.75) is 44.9 Å². The van der Waals surface area contributed by atoms with E-state index in [-0.39, 0.29) is 0 Å². The zero-order valence-corrected chi connectivity index (χ0v) is 6.85. The third-order valence-corrected chi connectivity index (χ3v) is 2.86. The van der Waals surface area contributed by atoms with E-state index in [1.165, 1.54) is 20.0 Å². The molecule has 1 aliphatic heterocycles. The van der Waals surface area contributed by atoms with Gasteiger partial charge in [0.05, 0.1) is 0 Å². The first-order valence-electron chi connectivity index (χ1n) is 4.20. The molecular weight excluding hydrogens is 106 g/mol. The highest BCUT2D eigenvalue weighted by molar-refractivity contribution is 6.72. The van der Waals surface area contributed by atoms with Gasteiger partial charge in [0, 0.05) is 0 Å². The molecular formula is C7H16B2. The van der Waals surface area contributed by atoms with Gasteiger partial charge in [0.2, 0.25) is 0 Å². The topological polar surface area (TPSA) is 0 Å². The van der Waals surface area contributed by atoms with E-state index in [2.05, 4.69) is 20.7 Å². The lowest BCUT2D eigenvalue weighted by Crippen LogP contribution is -2.27. The van der Waals surface area contributed by atoms with Crippen LogP contribution in [0.3, 0.4) is 0 Å². The molecule has 0 radical (unpaired) electrons. The van der Waals surface area contributed by atoms with Gasteiger partial charge in [-0.2, -0.15) is 0 Å². The number of rotatable bonds is 0. The largest absolute Gasteiger partial charge is 0.131 e. The van der Waals surface area contributed by atoms with Crippen molar-refractivity contribution in [1.29, 1.82) is 0 Å². The molecule has 2 atom stereocenters. The van der Waals surface area contributed by atoms with E-state index >= 15 is 0 Å². The van der Waals surface area contributed by atoms with Crippen molar-refractivity contribution < 1.29 is 0 Å². The Balaban J connectivity index is 2.35. The van der Waals surface area contributed by atoms with Gasteiger partial charge in [-0.1, -0.05) is 44.9 Å². The van der Waals surface area contributed by atoms with Crippen molar-refractivity contribution in [3.63, 3.8) is 0 Å². The van der Waals surface area contributed by atoms with Gasteiger partial charge >= 0.3 is 0 Å². The van der Waals surface area contributed by atoms with Gasteiger partial charge in [0.15, 0.2) is 0 Å². The zero-order valence-electron chi connectivity index (χ0n) is 6.85. The third-order valence-electron chi connectivity index (χ3n) is 2.86. The molecule has 1 rings (SSSR count). The summed E-state index contributed by atoms with van der Waals surface area (Å²) in [7, 11) is 1.46. The Morgan fingerprint density at radius 3 is 2.56 bits per heavy atom. The number of hydrogen-bond acceptors (Lipinski definition) is 0. The fraction of sp³-hybridized carbons (Fsp3) is 1.00. The second kappa shape index (κ2) is 2.81. The van der Waals surface area contributed by atoms with Crippen LogP contribution in [0.1, 0.15) is 20.3 Å². The minimum atomic E-state index is 0.980. The Bertz CT molecular complexity index is 92.9. The Kier molecular flexibility index (Phi) is 2.26. The van der Waals surface area contributed by atoms with Crippen LogP contribution < -0.4 is 0 Å². The first-order chi connectivity index (χ1) is 4.20. The quantitative estimate of drug-likeness (QED) is 0.431. The molecule has 1 saturated heterocycles. The van der Waals surface area contributed by atoms with Gasteiger partial charge in [0.1, 0.15) is 14.0 Å². The van der Waals surface area contributed by atoms with E-state index in [4.69, 9.17) is 0 Å². The molecule has 0 saturated carbocycles. The molecule has 0 amide bonds. The van der Waals surface area contributed by atoms with Crippen LogP contribution in [0.4, 0.5) is 0 Å². The second-order valence-electron chi connectivity index (χ2n) is 3.87. The van der Waals surface area contributed by atoms with E-state index in [1.54, 1.807) is 0 Å². The third kappa shape index (κ3) is 1.77. The van der Waals surface area contributed by atoms with Crippen LogP contribution in [0.25, 0.3) is 0 Å². The SMILES string of the molecule is CB1CCC(C)BC1C. The summed E-state index contributed by atoms with van der Waals surface area (Å²) in [5.41, 5.74) is 0.980. The normalized spacial score (nSPS) is 36.1. The maximum absolute atomic E-state index is 2.39. The van der Waals surface area contributed by atoms with Crippen LogP contribution >= 0.6 is 0 Å². The summed E-state index contributed by atoms with van der Waals surface area (Å²) in [5.74, 6) is 0.996. The standard InChI is InChI=1S/C7H16B2/c1-6-4-5-9(3)7(2)8-6/h6-8H,4-5H2,1-3H3. The molecule has 0 N–H and O–H groups in total. The highest BCUT2D eigenvalue weighted by atomic mass is 14.0. The molecule has 1 heterocycles. The zero-order chi connectivity index (χ0) is 6.85.